The number of carbonyl (C=O) groups is 3. The zero-order valence-corrected chi connectivity index (χ0v) is 13.9. The molecule has 1 aromatic rings. The van der Waals surface area contributed by atoms with E-state index in [1.807, 2.05) is 0 Å². The molecule has 0 bridgehead atoms. The van der Waals surface area contributed by atoms with Gasteiger partial charge in [-0.2, -0.15) is 0 Å². The first-order valence-electron chi connectivity index (χ1n) is 7.20. The molecule has 0 unspecified atom stereocenters. The fourth-order valence-corrected chi connectivity index (χ4v) is 3.16. The van der Waals surface area contributed by atoms with Crippen LogP contribution >= 0.6 is 23.2 Å². The number of rotatable bonds is 4. The standard InChI is InChI=1S/C15H15Cl2N3O3/c1-15(10-5-2-8(16)6-11(10)17)13(22)20(14(23)19-15)7-12(21)18-9-3-4-9/h2,5-6,9H,3-4,7H2,1H3,(H,18,21)(H,19,23)/t15-/m1/s1. The lowest BCUT2D eigenvalue weighted by Crippen LogP contribution is -2.43. The predicted octanol–water partition coefficient (Wildman–Crippen LogP) is 2.04. The van der Waals surface area contributed by atoms with Crippen LogP contribution in [0.3, 0.4) is 0 Å². The number of nitrogens with zero attached hydrogens (tertiary/aromatic N) is 1. The lowest BCUT2D eigenvalue weighted by Gasteiger charge is -2.23. The SMILES string of the molecule is C[C@]1(c2ccc(Cl)cc2Cl)NC(=O)N(CC(=O)NC2CC2)C1=O. The van der Waals surface area contributed by atoms with E-state index in [1.165, 1.54) is 6.07 Å². The van der Waals surface area contributed by atoms with Crippen molar-refractivity contribution in [2.24, 2.45) is 0 Å². The average Bonchev–Trinajstić information content (AvgIpc) is 3.23. The minimum atomic E-state index is -1.32. The van der Waals surface area contributed by atoms with Crippen LogP contribution in [0.4, 0.5) is 4.79 Å². The fraction of sp³-hybridized carbons (Fsp3) is 0.400. The van der Waals surface area contributed by atoms with E-state index in [-0.39, 0.29) is 23.5 Å². The van der Waals surface area contributed by atoms with Crippen molar-refractivity contribution >= 4 is 41.0 Å². The molecule has 2 fully saturated rings. The van der Waals surface area contributed by atoms with Crippen molar-refractivity contribution in [3.63, 3.8) is 0 Å². The summed E-state index contributed by atoms with van der Waals surface area (Å²) in [5, 5.41) is 6.07. The molecule has 1 atom stereocenters. The molecule has 8 heteroatoms. The second-order valence-corrected chi connectivity index (χ2v) is 6.76. The van der Waals surface area contributed by atoms with Crippen LogP contribution in [0.25, 0.3) is 0 Å². The predicted molar refractivity (Wildman–Crippen MR) is 85.2 cm³/mol. The molecule has 1 saturated heterocycles. The van der Waals surface area contributed by atoms with E-state index in [0.717, 1.165) is 17.7 Å². The summed E-state index contributed by atoms with van der Waals surface area (Å²) in [7, 11) is 0. The maximum absolute atomic E-state index is 12.7. The van der Waals surface area contributed by atoms with Gasteiger partial charge in [-0.3, -0.25) is 14.5 Å². The molecule has 1 aromatic carbocycles. The Hall–Kier alpha value is -1.79. The summed E-state index contributed by atoms with van der Waals surface area (Å²) in [4.78, 5) is 37.6. The molecule has 0 aromatic heterocycles. The maximum atomic E-state index is 12.7. The van der Waals surface area contributed by atoms with Crippen LogP contribution in [-0.2, 0) is 15.1 Å². The minimum Gasteiger partial charge on any atom is -0.352 e. The van der Waals surface area contributed by atoms with Gasteiger partial charge >= 0.3 is 6.03 Å². The largest absolute Gasteiger partial charge is 0.352 e. The van der Waals surface area contributed by atoms with Crippen LogP contribution in [0.1, 0.15) is 25.3 Å². The second kappa shape index (κ2) is 5.69. The summed E-state index contributed by atoms with van der Waals surface area (Å²) in [6, 6.07) is 4.24. The minimum absolute atomic E-state index is 0.167. The molecular weight excluding hydrogens is 341 g/mol. The van der Waals surface area contributed by atoms with Gasteiger partial charge in [0.25, 0.3) is 5.91 Å². The molecule has 1 saturated carbocycles. The molecule has 0 spiro atoms. The molecule has 2 N–H and O–H groups in total. The van der Waals surface area contributed by atoms with E-state index in [2.05, 4.69) is 10.6 Å². The van der Waals surface area contributed by atoms with Gasteiger partial charge in [0.15, 0.2) is 0 Å². The lowest BCUT2D eigenvalue weighted by atomic mass is 9.92. The number of urea groups is 1. The van der Waals surface area contributed by atoms with Crippen molar-refractivity contribution in [1.29, 1.82) is 0 Å². The number of benzene rings is 1. The molecule has 6 nitrogen and oxygen atoms in total. The van der Waals surface area contributed by atoms with Gasteiger partial charge in [-0.05, 0) is 31.9 Å². The van der Waals surface area contributed by atoms with E-state index >= 15 is 0 Å². The van der Waals surface area contributed by atoms with E-state index < -0.39 is 17.5 Å². The number of hydrogen-bond donors (Lipinski definition) is 2. The van der Waals surface area contributed by atoms with Gasteiger partial charge in [-0.15, -0.1) is 0 Å². The summed E-state index contributed by atoms with van der Waals surface area (Å²) in [6.45, 7) is 1.25. The third kappa shape index (κ3) is 3.01. The van der Waals surface area contributed by atoms with E-state index in [0.29, 0.717) is 10.6 Å². The van der Waals surface area contributed by atoms with Crippen LogP contribution in [-0.4, -0.2) is 35.3 Å². The molecule has 1 aliphatic carbocycles. The Kier molecular flexibility index (Phi) is 3.98. The Morgan fingerprint density at radius 1 is 1.39 bits per heavy atom. The number of hydrogen-bond acceptors (Lipinski definition) is 3. The smallest absolute Gasteiger partial charge is 0.325 e. The molecule has 1 heterocycles. The first-order chi connectivity index (χ1) is 10.8. The first kappa shape index (κ1) is 16.1. The number of nitrogens with one attached hydrogen (secondary N) is 2. The third-order valence-corrected chi connectivity index (χ3v) is 4.54. The Labute approximate surface area is 143 Å². The molecule has 122 valence electrons. The number of halogens is 2. The average molecular weight is 356 g/mol. The molecular formula is C15H15Cl2N3O3. The quantitative estimate of drug-likeness (QED) is 0.811. The molecule has 0 radical (unpaired) electrons. The molecule has 23 heavy (non-hydrogen) atoms. The molecule has 2 aliphatic rings. The van der Waals surface area contributed by atoms with Crippen molar-refractivity contribution < 1.29 is 14.4 Å². The van der Waals surface area contributed by atoms with E-state index in [4.69, 9.17) is 23.2 Å². The van der Waals surface area contributed by atoms with Crippen molar-refractivity contribution in [3.8, 4) is 0 Å². The summed E-state index contributed by atoms with van der Waals surface area (Å²) in [6.07, 6.45) is 1.87. The highest BCUT2D eigenvalue weighted by Gasteiger charge is 2.50. The molecule has 4 amide bonds. The van der Waals surface area contributed by atoms with Crippen LogP contribution in [0.2, 0.25) is 10.0 Å². The van der Waals surface area contributed by atoms with Gasteiger partial charge in [0.1, 0.15) is 12.1 Å². The summed E-state index contributed by atoms with van der Waals surface area (Å²) >= 11 is 12.0. The van der Waals surface area contributed by atoms with Crippen LogP contribution in [0.5, 0.6) is 0 Å². The Bertz CT molecular complexity index is 705. The first-order valence-corrected chi connectivity index (χ1v) is 7.96. The Morgan fingerprint density at radius 3 is 2.70 bits per heavy atom. The normalized spacial score (nSPS) is 23.9. The number of amides is 4. The highest BCUT2D eigenvalue weighted by atomic mass is 35.5. The van der Waals surface area contributed by atoms with Crippen molar-refractivity contribution in [2.75, 3.05) is 6.54 Å². The van der Waals surface area contributed by atoms with Gasteiger partial charge in [-0.1, -0.05) is 29.3 Å². The zero-order chi connectivity index (χ0) is 16.8. The van der Waals surface area contributed by atoms with Gasteiger partial charge in [0.2, 0.25) is 5.91 Å². The lowest BCUT2D eigenvalue weighted by molar-refractivity contribution is -0.134. The third-order valence-electron chi connectivity index (χ3n) is 3.99. The fourth-order valence-electron chi connectivity index (χ4n) is 2.56. The zero-order valence-electron chi connectivity index (χ0n) is 12.4. The summed E-state index contributed by atoms with van der Waals surface area (Å²) in [5.41, 5.74) is -0.884. The number of carbonyl (C=O) groups excluding carboxylic acids is 3. The Balaban J connectivity index is 1.82. The highest BCUT2D eigenvalue weighted by Crippen LogP contribution is 2.34. The monoisotopic (exact) mass is 355 g/mol. The van der Waals surface area contributed by atoms with Gasteiger partial charge in [0, 0.05) is 21.7 Å². The van der Waals surface area contributed by atoms with Crippen molar-refractivity contribution in [1.82, 2.24) is 15.5 Å². The van der Waals surface area contributed by atoms with E-state index in [9.17, 15) is 14.4 Å². The van der Waals surface area contributed by atoms with Gasteiger partial charge in [0.05, 0.1) is 0 Å². The summed E-state index contributed by atoms with van der Waals surface area (Å²) < 4.78 is 0. The second-order valence-electron chi connectivity index (χ2n) is 5.91. The van der Waals surface area contributed by atoms with Crippen LogP contribution in [0.15, 0.2) is 18.2 Å². The highest BCUT2D eigenvalue weighted by molar-refractivity contribution is 6.35. The van der Waals surface area contributed by atoms with Crippen LogP contribution < -0.4 is 10.6 Å². The van der Waals surface area contributed by atoms with Crippen molar-refractivity contribution in [3.05, 3.63) is 33.8 Å². The van der Waals surface area contributed by atoms with Gasteiger partial charge < -0.3 is 10.6 Å². The molecule has 1 aliphatic heterocycles. The maximum Gasteiger partial charge on any atom is 0.325 e. The van der Waals surface area contributed by atoms with E-state index in [1.54, 1.807) is 19.1 Å². The van der Waals surface area contributed by atoms with Crippen LogP contribution in [0, 0.1) is 0 Å². The topological polar surface area (TPSA) is 78.5 Å². The van der Waals surface area contributed by atoms with Crippen molar-refractivity contribution in [2.45, 2.75) is 31.3 Å². The van der Waals surface area contributed by atoms with Gasteiger partial charge in [-0.25, -0.2) is 4.79 Å². The summed E-state index contributed by atoms with van der Waals surface area (Å²) in [5.74, 6) is -0.861. The Morgan fingerprint density at radius 2 is 2.09 bits per heavy atom. The number of imide groups is 1. The molecule has 3 rings (SSSR count).